The Morgan fingerprint density at radius 1 is 0.878 bits per heavy atom. The standard InChI is InChI=1S/C33H30N2O5S/c1-32(2)39-28-25(38-27(29(28)40-32)24-19-41-30-26(24)34-20-35-31(30)36)18-37-33(21-12-6-3-7-13-21,22-14-8-4-9-15-22)23-16-10-5-11-17-23/h3-17,19-20,25,27-29H,18H2,1-2H3,(H,34,35,36)/t25-,27-,28-,29+/m1/s1. The lowest BCUT2D eigenvalue weighted by Gasteiger charge is -2.37. The molecule has 0 amide bonds. The second kappa shape index (κ2) is 10.3. The molecule has 0 radical (unpaired) electrons. The zero-order chi connectivity index (χ0) is 28.0. The Kier molecular flexibility index (Phi) is 6.60. The van der Waals surface area contributed by atoms with Gasteiger partial charge in [0.2, 0.25) is 0 Å². The SMILES string of the molecule is CC1(C)O[C@@H]2[C@H](O1)[C@@H](COC(c1ccccc1)(c1ccccc1)c1ccccc1)O[C@@H]2c1csc2c(=O)[nH]cnc12. The molecular weight excluding hydrogens is 536 g/mol. The first-order chi connectivity index (χ1) is 20.0. The number of fused-ring (bicyclic) bond motifs is 2. The van der Waals surface area contributed by atoms with Crippen molar-refractivity contribution in [1.82, 2.24) is 9.97 Å². The van der Waals surface area contributed by atoms with Gasteiger partial charge in [0.05, 0.1) is 18.5 Å². The van der Waals surface area contributed by atoms with Crippen molar-refractivity contribution in [3.63, 3.8) is 0 Å². The number of benzene rings is 3. The summed E-state index contributed by atoms with van der Waals surface area (Å²) in [6.45, 7) is 4.07. The van der Waals surface area contributed by atoms with Crippen LogP contribution in [0.2, 0.25) is 0 Å². The van der Waals surface area contributed by atoms with Gasteiger partial charge in [-0.05, 0) is 35.9 Å². The summed E-state index contributed by atoms with van der Waals surface area (Å²) < 4.78 is 27.2. The number of nitrogens with one attached hydrogen (secondary N) is 1. The van der Waals surface area contributed by atoms with Gasteiger partial charge >= 0.3 is 0 Å². The lowest BCUT2D eigenvalue weighted by molar-refractivity contribution is -0.196. The molecule has 4 heterocycles. The van der Waals surface area contributed by atoms with Crippen LogP contribution in [0.1, 0.15) is 42.2 Å². The maximum atomic E-state index is 12.4. The third-order valence-electron chi connectivity index (χ3n) is 7.85. The van der Waals surface area contributed by atoms with E-state index in [1.54, 1.807) is 0 Å². The monoisotopic (exact) mass is 566 g/mol. The number of aromatic amines is 1. The molecule has 4 atom stereocenters. The Hall–Kier alpha value is -3.66. The van der Waals surface area contributed by atoms with E-state index in [9.17, 15) is 4.79 Å². The molecule has 0 bridgehead atoms. The molecule has 0 saturated carbocycles. The lowest BCUT2D eigenvalue weighted by atomic mass is 9.80. The molecule has 0 spiro atoms. The van der Waals surface area contributed by atoms with Gasteiger partial charge in [0.15, 0.2) is 5.79 Å². The number of hydrogen-bond donors (Lipinski definition) is 1. The predicted octanol–water partition coefficient (Wildman–Crippen LogP) is 5.95. The molecule has 2 fully saturated rings. The molecular formula is C33H30N2O5S. The minimum atomic E-state index is -0.889. The van der Waals surface area contributed by atoms with Gasteiger partial charge < -0.3 is 23.9 Å². The molecule has 5 aromatic rings. The molecule has 7 rings (SSSR count). The fourth-order valence-electron chi connectivity index (χ4n) is 6.12. The summed E-state index contributed by atoms with van der Waals surface area (Å²) in [6.07, 6.45) is -0.209. The van der Waals surface area contributed by atoms with E-state index in [-0.39, 0.29) is 24.4 Å². The summed E-state index contributed by atoms with van der Waals surface area (Å²) in [5.41, 5.74) is 3.45. The minimum Gasteiger partial charge on any atom is -0.362 e. The van der Waals surface area contributed by atoms with E-state index in [2.05, 4.69) is 46.4 Å². The highest BCUT2D eigenvalue weighted by molar-refractivity contribution is 7.17. The maximum absolute atomic E-state index is 12.4. The van der Waals surface area contributed by atoms with Crippen molar-refractivity contribution >= 4 is 21.6 Å². The number of rotatable bonds is 7. The topological polar surface area (TPSA) is 82.7 Å². The third-order valence-corrected chi connectivity index (χ3v) is 8.84. The fourth-order valence-corrected chi connectivity index (χ4v) is 7.06. The number of thiophene rings is 1. The molecule has 2 aliphatic heterocycles. The highest BCUT2D eigenvalue weighted by Crippen LogP contribution is 2.48. The van der Waals surface area contributed by atoms with E-state index in [4.69, 9.17) is 18.9 Å². The molecule has 2 saturated heterocycles. The molecule has 7 nitrogen and oxygen atoms in total. The highest BCUT2D eigenvalue weighted by Gasteiger charge is 2.56. The molecule has 208 valence electrons. The Labute approximate surface area is 241 Å². The van der Waals surface area contributed by atoms with Crippen LogP contribution in [-0.4, -0.2) is 40.7 Å². The Morgan fingerprint density at radius 2 is 1.44 bits per heavy atom. The zero-order valence-electron chi connectivity index (χ0n) is 22.7. The lowest BCUT2D eigenvalue weighted by Crippen LogP contribution is -2.39. The molecule has 0 unspecified atom stereocenters. The van der Waals surface area contributed by atoms with Gasteiger partial charge in [-0.3, -0.25) is 4.79 Å². The smallest absolute Gasteiger partial charge is 0.268 e. The van der Waals surface area contributed by atoms with Crippen molar-refractivity contribution in [2.24, 2.45) is 0 Å². The largest absolute Gasteiger partial charge is 0.362 e. The van der Waals surface area contributed by atoms with Crippen LogP contribution >= 0.6 is 11.3 Å². The summed E-state index contributed by atoms with van der Waals surface area (Å²) in [5.74, 6) is -0.790. The van der Waals surface area contributed by atoms with Crippen molar-refractivity contribution < 1.29 is 18.9 Å². The first kappa shape index (κ1) is 26.3. The predicted molar refractivity (Wildman–Crippen MR) is 157 cm³/mol. The van der Waals surface area contributed by atoms with Gasteiger partial charge in [-0.25, -0.2) is 4.98 Å². The van der Waals surface area contributed by atoms with Crippen LogP contribution in [-0.2, 0) is 24.5 Å². The Balaban J connectivity index is 1.29. The second-order valence-electron chi connectivity index (χ2n) is 10.9. The van der Waals surface area contributed by atoms with Crippen molar-refractivity contribution in [2.75, 3.05) is 6.61 Å². The Bertz CT molecular complexity index is 1610. The molecule has 8 heteroatoms. The van der Waals surface area contributed by atoms with E-state index in [0.29, 0.717) is 10.2 Å². The van der Waals surface area contributed by atoms with Crippen LogP contribution in [0.15, 0.2) is 107 Å². The van der Waals surface area contributed by atoms with E-state index < -0.39 is 23.6 Å². The molecule has 3 aromatic carbocycles. The fraction of sp³-hybridized carbons (Fsp3) is 0.273. The van der Waals surface area contributed by atoms with E-state index in [0.717, 1.165) is 22.3 Å². The van der Waals surface area contributed by atoms with Crippen LogP contribution in [0.5, 0.6) is 0 Å². The molecule has 1 N–H and O–H groups in total. The Morgan fingerprint density at radius 3 is 2.02 bits per heavy atom. The average Bonchev–Trinajstić information content (AvgIpc) is 3.67. The normalized spacial score (nSPS) is 23.6. The number of H-pyrrole nitrogens is 1. The summed E-state index contributed by atoms with van der Waals surface area (Å²) in [6, 6.07) is 30.8. The van der Waals surface area contributed by atoms with Gasteiger partial charge in [0.25, 0.3) is 5.56 Å². The van der Waals surface area contributed by atoms with Gasteiger partial charge in [0, 0.05) is 5.56 Å². The van der Waals surface area contributed by atoms with Crippen LogP contribution in [0.3, 0.4) is 0 Å². The van der Waals surface area contributed by atoms with E-state index >= 15 is 0 Å². The number of aromatic nitrogens is 2. The molecule has 0 aliphatic carbocycles. The first-order valence-electron chi connectivity index (χ1n) is 13.7. The molecule has 2 aliphatic rings. The summed E-state index contributed by atoms with van der Waals surface area (Å²) in [4.78, 5) is 19.5. The number of ether oxygens (including phenoxy) is 4. The number of hydrogen-bond acceptors (Lipinski definition) is 7. The van der Waals surface area contributed by atoms with Crippen LogP contribution < -0.4 is 5.56 Å². The zero-order valence-corrected chi connectivity index (χ0v) is 23.5. The van der Waals surface area contributed by atoms with Crippen LogP contribution in [0.25, 0.3) is 10.2 Å². The molecule has 2 aromatic heterocycles. The van der Waals surface area contributed by atoms with Crippen molar-refractivity contribution in [1.29, 1.82) is 0 Å². The summed E-state index contributed by atoms with van der Waals surface area (Å²) >= 11 is 1.36. The van der Waals surface area contributed by atoms with Crippen LogP contribution in [0.4, 0.5) is 0 Å². The number of nitrogens with zero attached hydrogens (tertiary/aromatic N) is 1. The van der Waals surface area contributed by atoms with Gasteiger partial charge in [0.1, 0.15) is 34.7 Å². The minimum absolute atomic E-state index is 0.164. The van der Waals surface area contributed by atoms with Gasteiger partial charge in [-0.15, -0.1) is 11.3 Å². The van der Waals surface area contributed by atoms with Gasteiger partial charge in [-0.2, -0.15) is 0 Å². The first-order valence-corrected chi connectivity index (χ1v) is 14.6. The van der Waals surface area contributed by atoms with E-state index in [1.807, 2.05) is 73.8 Å². The summed E-state index contributed by atoms with van der Waals surface area (Å²) in [7, 11) is 0. The van der Waals surface area contributed by atoms with Crippen molar-refractivity contribution in [2.45, 2.75) is 49.7 Å². The quantitative estimate of drug-likeness (QED) is 0.245. The van der Waals surface area contributed by atoms with Crippen LogP contribution in [0, 0.1) is 0 Å². The average molecular weight is 567 g/mol. The van der Waals surface area contributed by atoms with Crippen molar-refractivity contribution in [3.8, 4) is 0 Å². The maximum Gasteiger partial charge on any atom is 0.268 e. The molecule has 41 heavy (non-hydrogen) atoms. The highest BCUT2D eigenvalue weighted by atomic mass is 32.1. The summed E-state index contributed by atoms with van der Waals surface area (Å²) in [5, 5.41) is 1.94. The van der Waals surface area contributed by atoms with Gasteiger partial charge in [-0.1, -0.05) is 91.0 Å². The van der Waals surface area contributed by atoms with E-state index in [1.165, 1.54) is 17.7 Å². The third kappa shape index (κ3) is 4.52. The second-order valence-corrected chi connectivity index (χ2v) is 11.7. The van der Waals surface area contributed by atoms with Crippen molar-refractivity contribution in [3.05, 3.63) is 135 Å².